The van der Waals surface area contributed by atoms with Gasteiger partial charge in [-0.05, 0) is 24.6 Å². The van der Waals surface area contributed by atoms with Gasteiger partial charge in [-0.2, -0.15) is 5.26 Å². The fraction of sp³-hybridized carbons (Fsp3) is 0.286. The van der Waals surface area contributed by atoms with Crippen LogP contribution in [-0.4, -0.2) is 16.5 Å². The van der Waals surface area contributed by atoms with Crippen molar-refractivity contribution >= 4 is 0 Å². The highest BCUT2D eigenvalue weighted by molar-refractivity contribution is 5.34. The van der Waals surface area contributed by atoms with Crippen molar-refractivity contribution in [2.24, 2.45) is 0 Å². The highest BCUT2D eigenvalue weighted by Gasteiger charge is 2.05. The van der Waals surface area contributed by atoms with Crippen LogP contribution in [0, 0.1) is 11.3 Å². The lowest BCUT2D eigenvalue weighted by atomic mass is 10.1. The fourth-order valence-electron chi connectivity index (χ4n) is 1.84. The van der Waals surface area contributed by atoms with Crippen molar-refractivity contribution in [3.8, 4) is 6.07 Å². The fourth-order valence-corrected chi connectivity index (χ4v) is 1.84. The van der Waals surface area contributed by atoms with Crippen LogP contribution >= 0.6 is 0 Å². The summed E-state index contributed by atoms with van der Waals surface area (Å²) in [5, 5.41) is 12.3. The third-order valence-corrected chi connectivity index (χ3v) is 2.92. The van der Waals surface area contributed by atoms with Crippen molar-refractivity contribution in [1.29, 1.82) is 5.26 Å². The zero-order chi connectivity index (χ0) is 12.8. The number of nitriles is 1. The molecule has 1 heterocycles. The molecule has 4 heteroatoms. The van der Waals surface area contributed by atoms with Crippen molar-refractivity contribution in [2.75, 3.05) is 6.54 Å². The molecule has 0 saturated heterocycles. The van der Waals surface area contributed by atoms with Crippen LogP contribution < -0.4 is 5.32 Å². The van der Waals surface area contributed by atoms with Gasteiger partial charge in [0.05, 0.1) is 18.0 Å². The summed E-state index contributed by atoms with van der Waals surface area (Å²) >= 11 is 0. The molecule has 1 aromatic heterocycles. The molecule has 0 spiro atoms. The van der Waals surface area contributed by atoms with E-state index >= 15 is 0 Å². The van der Waals surface area contributed by atoms with Gasteiger partial charge in [0, 0.05) is 30.9 Å². The summed E-state index contributed by atoms with van der Waals surface area (Å²) in [6.45, 7) is 2.98. The lowest BCUT2D eigenvalue weighted by Crippen LogP contribution is -2.21. The van der Waals surface area contributed by atoms with Crippen molar-refractivity contribution < 1.29 is 0 Å². The number of H-pyrrole nitrogens is 1. The first-order chi connectivity index (χ1) is 8.79. The summed E-state index contributed by atoms with van der Waals surface area (Å²) in [7, 11) is 0. The second-order valence-electron chi connectivity index (χ2n) is 4.24. The van der Waals surface area contributed by atoms with Gasteiger partial charge < -0.3 is 10.3 Å². The van der Waals surface area contributed by atoms with E-state index in [2.05, 4.69) is 28.3 Å². The molecule has 0 saturated carbocycles. The van der Waals surface area contributed by atoms with Gasteiger partial charge in [0.25, 0.3) is 0 Å². The van der Waals surface area contributed by atoms with Crippen molar-refractivity contribution in [3.63, 3.8) is 0 Å². The molecule has 0 amide bonds. The molecule has 1 atom stereocenters. The predicted molar refractivity (Wildman–Crippen MR) is 69.9 cm³/mol. The molecule has 0 aliphatic carbocycles. The summed E-state index contributed by atoms with van der Waals surface area (Å²) in [5.41, 5.74) is 2.97. The van der Waals surface area contributed by atoms with E-state index in [4.69, 9.17) is 5.26 Å². The number of benzene rings is 1. The number of aromatic amines is 1. The summed E-state index contributed by atoms with van der Waals surface area (Å²) in [5.74, 6) is 0. The second-order valence-corrected chi connectivity index (χ2v) is 4.24. The van der Waals surface area contributed by atoms with Crippen LogP contribution in [0.3, 0.4) is 0 Å². The van der Waals surface area contributed by atoms with E-state index in [0.29, 0.717) is 5.56 Å². The number of hydrogen-bond acceptors (Lipinski definition) is 3. The van der Waals surface area contributed by atoms with Gasteiger partial charge in [0.2, 0.25) is 0 Å². The molecule has 0 aliphatic rings. The smallest absolute Gasteiger partial charge is 0.0991 e. The van der Waals surface area contributed by atoms with Gasteiger partial charge in [-0.25, -0.2) is 4.98 Å². The van der Waals surface area contributed by atoms with Gasteiger partial charge in [-0.3, -0.25) is 0 Å². The number of hydrogen-bond donors (Lipinski definition) is 2. The normalized spacial score (nSPS) is 12.0. The average molecular weight is 240 g/mol. The van der Waals surface area contributed by atoms with Crippen molar-refractivity contribution in [3.05, 3.63) is 53.6 Å². The van der Waals surface area contributed by atoms with Crippen LogP contribution in [0.4, 0.5) is 0 Å². The molecule has 0 radical (unpaired) electrons. The molecular formula is C14H16N4. The molecule has 2 N–H and O–H groups in total. The lowest BCUT2D eigenvalue weighted by Gasteiger charge is -2.14. The van der Waals surface area contributed by atoms with Crippen molar-refractivity contribution in [2.45, 2.75) is 19.4 Å². The Morgan fingerprint density at radius 3 is 3.11 bits per heavy atom. The highest BCUT2D eigenvalue weighted by atomic mass is 14.9. The topological polar surface area (TPSA) is 64.5 Å². The number of aromatic nitrogens is 2. The lowest BCUT2D eigenvalue weighted by molar-refractivity contribution is 0.574. The predicted octanol–water partition coefficient (Wildman–Crippen LogP) is 2.17. The first-order valence-electron chi connectivity index (χ1n) is 6.00. The Labute approximate surface area is 107 Å². The molecule has 0 aliphatic heterocycles. The van der Waals surface area contributed by atoms with Crippen LogP contribution in [0.1, 0.15) is 29.8 Å². The van der Waals surface area contributed by atoms with E-state index in [1.54, 1.807) is 6.33 Å². The van der Waals surface area contributed by atoms with Crippen LogP contribution in [-0.2, 0) is 6.42 Å². The van der Waals surface area contributed by atoms with Crippen LogP contribution in [0.5, 0.6) is 0 Å². The SMILES string of the molecule is CC(NCCc1cnc[nH]1)c1cccc(C#N)c1. The molecule has 1 unspecified atom stereocenters. The van der Waals surface area contributed by atoms with Gasteiger partial charge in [0.1, 0.15) is 0 Å². The monoisotopic (exact) mass is 240 g/mol. The van der Waals surface area contributed by atoms with Gasteiger partial charge in [-0.15, -0.1) is 0 Å². The molecule has 2 rings (SSSR count). The summed E-state index contributed by atoms with van der Waals surface area (Å²) < 4.78 is 0. The first kappa shape index (κ1) is 12.3. The maximum absolute atomic E-state index is 8.86. The van der Waals surface area contributed by atoms with E-state index in [1.807, 2.05) is 30.5 Å². The molecule has 18 heavy (non-hydrogen) atoms. The third-order valence-electron chi connectivity index (χ3n) is 2.92. The van der Waals surface area contributed by atoms with E-state index in [9.17, 15) is 0 Å². The minimum absolute atomic E-state index is 0.237. The van der Waals surface area contributed by atoms with Crippen molar-refractivity contribution in [1.82, 2.24) is 15.3 Å². The molecule has 92 valence electrons. The Morgan fingerprint density at radius 2 is 2.39 bits per heavy atom. The average Bonchev–Trinajstić information content (AvgIpc) is 2.92. The quantitative estimate of drug-likeness (QED) is 0.841. The first-order valence-corrected chi connectivity index (χ1v) is 6.00. The Balaban J connectivity index is 1.87. The Hall–Kier alpha value is -2.12. The van der Waals surface area contributed by atoms with E-state index in [1.165, 1.54) is 0 Å². The minimum atomic E-state index is 0.237. The Kier molecular flexibility index (Phi) is 4.11. The largest absolute Gasteiger partial charge is 0.348 e. The van der Waals surface area contributed by atoms with E-state index in [0.717, 1.165) is 24.2 Å². The van der Waals surface area contributed by atoms with Crippen LogP contribution in [0.15, 0.2) is 36.8 Å². The standard InChI is InChI=1S/C14H16N4/c1-11(13-4-2-3-12(7-13)8-15)17-6-5-14-9-16-10-18-14/h2-4,7,9-11,17H,5-6H2,1H3,(H,16,18). The number of imidazole rings is 1. The molecule has 4 nitrogen and oxygen atoms in total. The Bertz CT molecular complexity index is 525. The number of nitrogens with zero attached hydrogens (tertiary/aromatic N) is 2. The highest BCUT2D eigenvalue weighted by Crippen LogP contribution is 2.13. The molecule has 1 aromatic carbocycles. The number of rotatable bonds is 5. The molecule has 2 aromatic rings. The maximum atomic E-state index is 8.86. The summed E-state index contributed by atoms with van der Waals surface area (Å²) in [6, 6.07) is 10.1. The molecule has 0 bridgehead atoms. The Morgan fingerprint density at radius 1 is 1.50 bits per heavy atom. The summed E-state index contributed by atoms with van der Waals surface area (Å²) in [6.07, 6.45) is 4.44. The van der Waals surface area contributed by atoms with Gasteiger partial charge >= 0.3 is 0 Å². The van der Waals surface area contributed by atoms with Crippen LogP contribution in [0.2, 0.25) is 0 Å². The third kappa shape index (κ3) is 3.19. The minimum Gasteiger partial charge on any atom is -0.348 e. The maximum Gasteiger partial charge on any atom is 0.0991 e. The molecular weight excluding hydrogens is 224 g/mol. The van der Waals surface area contributed by atoms with Gasteiger partial charge in [-0.1, -0.05) is 12.1 Å². The number of nitrogens with one attached hydrogen (secondary N) is 2. The summed E-state index contributed by atoms with van der Waals surface area (Å²) in [4.78, 5) is 7.06. The molecule has 0 fully saturated rings. The van der Waals surface area contributed by atoms with E-state index < -0.39 is 0 Å². The van der Waals surface area contributed by atoms with E-state index in [-0.39, 0.29) is 6.04 Å². The van der Waals surface area contributed by atoms with Crippen LogP contribution in [0.25, 0.3) is 0 Å². The zero-order valence-corrected chi connectivity index (χ0v) is 10.4. The zero-order valence-electron chi connectivity index (χ0n) is 10.4. The van der Waals surface area contributed by atoms with Gasteiger partial charge in [0.15, 0.2) is 0 Å². The second kappa shape index (κ2) is 5.99.